The zero-order valence-corrected chi connectivity index (χ0v) is 12.2. The van der Waals surface area contributed by atoms with Crippen molar-refractivity contribution < 1.29 is 0 Å². The molecule has 1 heterocycles. The maximum atomic E-state index is 3.72. The highest BCUT2D eigenvalue weighted by molar-refractivity contribution is 5.29. The Labute approximate surface area is 117 Å². The van der Waals surface area contributed by atoms with Gasteiger partial charge in [0.2, 0.25) is 0 Å². The lowest BCUT2D eigenvalue weighted by atomic mass is 9.95. The Balaban J connectivity index is 1.66. The molecule has 104 valence electrons. The molecule has 0 saturated heterocycles. The van der Waals surface area contributed by atoms with Crippen molar-refractivity contribution in [2.24, 2.45) is 5.92 Å². The molecule has 2 heteroatoms. The topological polar surface area (TPSA) is 15.3 Å². The zero-order valence-electron chi connectivity index (χ0n) is 12.2. The largest absolute Gasteiger partial charge is 0.312 e. The van der Waals surface area contributed by atoms with Gasteiger partial charge in [0.05, 0.1) is 0 Å². The van der Waals surface area contributed by atoms with Gasteiger partial charge in [0.25, 0.3) is 0 Å². The van der Waals surface area contributed by atoms with Gasteiger partial charge in [-0.2, -0.15) is 0 Å². The predicted molar refractivity (Wildman–Crippen MR) is 80.2 cm³/mol. The van der Waals surface area contributed by atoms with Crippen LogP contribution in [0.4, 0.5) is 0 Å². The monoisotopic (exact) mass is 258 g/mol. The molecule has 3 rings (SSSR count). The summed E-state index contributed by atoms with van der Waals surface area (Å²) in [7, 11) is 0. The number of hydrogen-bond donors (Lipinski definition) is 1. The summed E-state index contributed by atoms with van der Waals surface area (Å²) < 4.78 is 0. The Hall–Kier alpha value is -0.860. The fourth-order valence-electron chi connectivity index (χ4n) is 3.16. The number of fused-ring (bicyclic) bond motifs is 1. The zero-order chi connectivity index (χ0) is 13.2. The van der Waals surface area contributed by atoms with E-state index in [9.17, 15) is 0 Å². The Morgan fingerprint density at radius 3 is 2.63 bits per heavy atom. The summed E-state index contributed by atoms with van der Waals surface area (Å²) in [6.07, 6.45) is 3.98. The fraction of sp³-hybridized carbons (Fsp3) is 0.647. The summed E-state index contributed by atoms with van der Waals surface area (Å²) >= 11 is 0. The average molecular weight is 258 g/mol. The first-order valence-electron chi connectivity index (χ1n) is 7.78. The minimum Gasteiger partial charge on any atom is -0.312 e. The van der Waals surface area contributed by atoms with E-state index in [0.717, 1.165) is 25.0 Å². The molecule has 1 aliphatic heterocycles. The highest BCUT2D eigenvalue weighted by atomic mass is 15.2. The van der Waals surface area contributed by atoms with E-state index >= 15 is 0 Å². The third kappa shape index (κ3) is 3.18. The van der Waals surface area contributed by atoms with Crippen LogP contribution in [-0.2, 0) is 13.0 Å². The first kappa shape index (κ1) is 13.1. The Bertz CT molecular complexity index is 423. The van der Waals surface area contributed by atoms with Gasteiger partial charge in [-0.15, -0.1) is 0 Å². The van der Waals surface area contributed by atoms with E-state index in [-0.39, 0.29) is 0 Å². The Morgan fingerprint density at radius 2 is 1.95 bits per heavy atom. The fourth-order valence-corrected chi connectivity index (χ4v) is 3.16. The number of nitrogens with one attached hydrogen (secondary N) is 1. The van der Waals surface area contributed by atoms with Gasteiger partial charge in [0.1, 0.15) is 0 Å². The summed E-state index contributed by atoms with van der Waals surface area (Å²) in [5.74, 6) is 0.719. The van der Waals surface area contributed by atoms with Gasteiger partial charge >= 0.3 is 0 Å². The van der Waals surface area contributed by atoms with Crippen LogP contribution in [0.2, 0.25) is 0 Å². The van der Waals surface area contributed by atoms with Crippen molar-refractivity contribution >= 4 is 0 Å². The molecular weight excluding hydrogens is 232 g/mol. The normalized spacial score (nSPS) is 21.4. The molecule has 1 aliphatic carbocycles. The van der Waals surface area contributed by atoms with Crippen molar-refractivity contribution in [1.29, 1.82) is 0 Å². The molecule has 0 bridgehead atoms. The van der Waals surface area contributed by atoms with Crippen molar-refractivity contribution in [2.45, 2.75) is 51.7 Å². The van der Waals surface area contributed by atoms with Gasteiger partial charge in [-0.1, -0.05) is 38.1 Å². The van der Waals surface area contributed by atoms with Gasteiger partial charge in [0, 0.05) is 31.7 Å². The maximum absolute atomic E-state index is 3.72. The van der Waals surface area contributed by atoms with Crippen LogP contribution in [0.5, 0.6) is 0 Å². The van der Waals surface area contributed by atoms with Gasteiger partial charge in [-0.05, 0) is 36.3 Å². The lowest BCUT2D eigenvalue weighted by Crippen LogP contribution is -2.48. The van der Waals surface area contributed by atoms with Crippen LogP contribution in [0, 0.1) is 5.92 Å². The third-order valence-electron chi connectivity index (χ3n) is 4.59. The number of hydrogen-bond acceptors (Lipinski definition) is 2. The second-order valence-electron chi connectivity index (χ2n) is 6.48. The summed E-state index contributed by atoms with van der Waals surface area (Å²) in [4.78, 5) is 2.68. The molecule has 1 unspecified atom stereocenters. The molecule has 1 N–H and O–H groups in total. The van der Waals surface area contributed by atoms with Crippen molar-refractivity contribution in [3.05, 3.63) is 35.4 Å². The van der Waals surface area contributed by atoms with Gasteiger partial charge < -0.3 is 5.32 Å². The van der Waals surface area contributed by atoms with Crippen LogP contribution in [0.25, 0.3) is 0 Å². The first-order valence-corrected chi connectivity index (χ1v) is 7.78. The lowest BCUT2D eigenvalue weighted by Gasteiger charge is -2.38. The first-order chi connectivity index (χ1) is 9.24. The molecule has 1 atom stereocenters. The van der Waals surface area contributed by atoms with E-state index in [2.05, 4.69) is 48.3 Å². The number of nitrogens with zero attached hydrogens (tertiary/aromatic N) is 1. The van der Waals surface area contributed by atoms with Crippen LogP contribution in [0.15, 0.2) is 24.3 Å². The van der Waals surface area contributed by atoms with Crippen LogP contribution in [-0.4, -0.2) is 30.1 Å². The number of benzene rings is 1. The standard InChI is InChI=1S/C17H26N2/c1-13(2)17(11-18-16-7-8-16)19-10-9-14-5-3-4-6-15(14)12-19/h3-6,13,16-18H,7-12H2,1-2H3. The van der Waals surface area contributed by atoms with E-state index in [1.807, 2.05) is 0 Å². The van der Waals surface area contributed by atoms with Crippen molar-refractivity contribution in [3.8, 4) is 0 Å². The Kier molecular flexibility index (Phi) is 3.90. The van der Waals surface area contributed by atoms with E-state index in [0.29, 0.717) is 6.04 Å². The van der Waals surface area contributed by atoms with Crippen molar-refractivity contribution in [1.82, 2.24) is 10.2 Å². The molecule has 0 radical (unpaired) electrons. The molecule has 2 aliphatic rings. The summed E-state index contributed by atoms with van der Waals surface area (Å²) in [5, 5.41) is 3.72. The third-order valence-corrected chi connectivity index (χ3v) is 4.59. The van der Waals surface area contributed by atoms with Gasteiger partial charge in [-0.25, -0.2) is 0 Å². The van der Waals surface area contributed by atoms with Crippen molar-refractivity contribution in [3.63, 3.8) is 0 Å². The molecule has 1 fully saturated rings. The van der Waals surface area contributed by atoms with Crippen LogP contribution < -0.4 is 5.32 Å². The summed E-state index contributed by atoms with van der Waals surface area (Å²) in [6, 6.07) is 10.4. The molecule has 1 aromatic rings. The van der Waals surface area contributed by atoms with E-state index in [1.165, 1.54) is 31.4 Å². The highest BCUT2D eigenvalue weighted by Crippen LogP contribution is 2.24. The highest BCUT2D eigenvalue weighted by Gasteiger charge is 2.28. The molecule has 0 amide bonds. The van der Waals surface area contributed by atoms with E-state index < -0.39 is 0 Å². The predicted octanol–water partition coefficient (Wildman–Crippen LogP) is 2.82. The molecule has 0 spiro atoms. The van der Waals surface area contributed by atoms with Crippen molar-refractivity contribution in [2.75, 3.05) is 13.1 Å². The molecule has 19 heavy (non-hydrogen) atoms. The average Bonchev–Trinajstić information content (AvgIpc) is 3.22. The SMILES string of the molecule is CC(C)C(CNC1CC1)N1CCc2ccccc2C1. The second-order valence-corrected chi connectivity index (χ2v) is 6.48. The second kappa shape index (κ2) is 5.64. The maximum Gasteiger partial charge on any atom is 0.0247 e. The molecule has 0 aromatic heterocycles. The summed E-state index contributed by atoms with van der Waals surface area (Å²) in [5.41, 5.74) is 3.09. The van der Waals surface area contributed by atoms with E-state index in [1.54, 1.807) is 5.56 Å². The molecular formula is C17H26N2. The molecule has 1 aromatic carbocycles. The Morgan fingerprint density at radius 1 is 1.21 bits per heavy atom. The van der Waals surface area contributed by atoms with Crippen LogP contribution in [0.1, 0.15) is 37.8 Å². The van der Waals surface area contributed by atoms with E-state index in [4.69, 9.17) is 0 Å². The molecule has 1 saturated carbocycles. The van der Waals surface area contributed by atoms with Gasteiger partial charge in [0.15, 0.2) is 0 Å². The molecule has 2 nitrogen and oxygen atoms in total. The van der Waals surface area contributed by atoms with Crippen LogP contribution >= 0.6 is 0 Å². The minimum atomic E-state index is 0.675. The van der Waals surface area contributed by atoms with Crippen LogP contribution in [0.3, 0.4) is 0 Å². The number of rotatable bonds is 5. The quantitative estimate of drug-likeness (QED) is 0.873. The smallest absolute Gasteiger partial charge is 0.0247 e. The van der Waals surface area contributed by atoms with Gasteiger partial charge in [-0.3, -0.25) is 4.90 Å². The lowest BCUT2D eigenvalue weighted by molar-refractivity contribution is 0.136. The minimum absolute atomic E-state index is 0.675. The summed E-state index contributed by atoms with van der Waals surface area (Å²) in [6.45, 7) is 8.22.